The zero-order valence-corrected chi connectivity index (χ0v) is 11.6. The lowest BCUT2D eigenvalue weighted by molar-refractivity contribution is 1.16. The Labute approximate surface area is 122 Å². The molecule has 0 saturated heterocycles. The summed E-state index contributed by atoms with van der Waals surface area (Å²) in [6.07, 6.45) is 7.07. The minimum atomic E-state index is 0.538. The number of rotatable bonds is 3. The number of pyridine rings is 1. The summed E-state index contributed by atoms with van der Waals surface area (Å²) in [6.45, 7) is 2.01. The normalized spacial score (nSPS) is 10.3. The molecule has 0 radical (unpaired) electrons. The van der Waals surface area contributed by atoms with E-state index in [9.17, 15) is 0 Å². The fourth-order valence-corrected chi connectivity index (χ4v) is 1.97. The van der Waals surface area contributed by atoms with Crippen molar-refractivity contribution in [3.8, 4) is 11.1 Å². The Morgan fingerprint density at radius 1 is 1.00 bits per heavy atom. The lowest BCUT2D eigenvalue weighted by Crippen LogP contribution is -1.99. The largest absolute Gasteiger partial charge is 0.399 e. The number of benzene rings is 1. The Morgan fingerprint density at radius 3 is 2.52 bits per heavy atom. The summed E-state index contributed by atoms with van der Waals surface area (Å²) in [5.74, 6) is 0.538. The Hall–Kier alpha value is -2.95. The van der Waals surface area contributed by atoms with Gasteiger partial charge in [-0.05, 0) is 30.7 Å². The van der Waals surface area contributed by atoms with E-state index in [0.29, 0.717) is 11.6 Å². The zero-order valence-electron chi connectivity index (χ0n) is 11.6. The first-order chi connectivity index (χ1) is 10.2. The van der Waals surface area contributed by atoms with E-state index in [4.69, 9.17) is 5.73 Å². The second-order valence-electron chi connectivity index (χ2n) is 4.74. The molecule has 0 fully saturated rings. The average molecular weight is 277 g/mol. The Balaban J connectivity index is 1.83. The predicted octanol–water partition coefficient (Wildman–Crippen LogP) is 3.17. The van der Waals surface area contributed by atoms with Crippen molar-refractivity contribution in [3.63, 3.8) is 0 Å². The maximum atomic E-state index is 5.79. The van der Waals surface area contributed by atoms with Crippen molar-refractivity contribution in [3.05, 3.63) is 60.7 Å². The molecule has 21 heavy (non-hydrogen) atoms. The molecular formula is C16H15N5. The summed E-state index contributed by atoms with van der Waals surface area (Å²) in [7, 11) is 0. The second kappa shape index (κ2) is 5.58. The van der Waals surface area contributed by atoms with E-state index >= 15 is 0 Å². The van der Waals surface area contributed by atoms with Crippen LogP contribution in [0.25, 0.3) is 11.1 Å². The maximum Gasteiger partial charge on any atom is 0.227 e. The third-order valence-electron chi connectivity index (χ3n) is 3.15. The van der Waals surface area contributed by atoms with Crippen LogP contribution in [0, 0.1) is 6.92 Å². The molecule has 0 amide bonds. The molecule has 3 aromatic rings. The predicted molar refractivity (Wildman–Crippen MR) is 84.1 cm³/mol. The molecule has 104 valence electrons. The monoisotopic (exact) mass is 277 g/mol. The van der Waals surface area contributed by atoms with Gasteiger partial charge in [0.25, 0.3) is 0 Å². The number of nitrogens with one attached hydrogen (secondary N) is 1. The molecule has 2 heterocycles. The smallest absolute Gasteiger partial charge is 0.227 e. The fraction of sp³-hybridized carbons (Fsp3) is 0.0625. The van der Waals surface area contributed by atoms with Gasteiger partial charge in [0.1, 0.15) is 0 Å². The third-order valence-corrected chi connectivity index (χ3v) is 3.15. The molecular weight excluding hydrogens is 262 g/mol. The van der Waals surface area contributed by atoms with E-state index in [1.807, 2.05) is 37.3 Å². The van der Waals surface area contributed by atoms with E-state index in [2.05, 4.69) is 20.3 Å². The molecule has 0 bridgehead atoms. The molecule has 3 rings (SSSR count). The lowest BCUT2D eigenvalue weighted by atomic mass is 10.1. The van der Waals surface area contributed by atoms with E-state index in [1.165, 1.54) is 0 Å². The Bertz CT molecular complexity index is 738. The van der Waals surface area contributed by atoms with Crippen LogP contribution in [-0.2, 0) is 0 Å². The van der Waals surface area contributed by atoms with Gasteiger partial charge in [-0.1, -0.05) is 12.1 Å². The van der Waals surface area contributed by atoms with Crippen molar-refractivity contribution in [2.75, 3.05) is 11.1 Å². The lowest BCUT2D eigenvalue weighted by Gasteiger charge is -2.09. The van der Waals surface area contributed by atoms with Gasteiger partial charge < -0.3 is 11.1 Å². The van der Waals surface area contributed by atoms with E-state index in [-0.39, 0.29) is 0 Å². The van der Waals surface area contributed by atoms with Crippen molar-refractivity contribution < 1.29 is 0 Å². The number of hydrogen-bond donors (Lipinski definition) is 2. The number of aromatic nitrogens is 3. The van der Waals surface area contributed by atoms with Crippen molar-refractivity contribution in [2.24, 2.45) is 0 Å². The van der Waals surface area contributed by atoms with Crippen LogP contribution in [0.1, 0.15) is 5.56 Å². The van der Waals surface area contributed by atoms with Gasteiger partial charge in [0.15, 0.2) is 0 Å². The molecule has 0 aliphatic rings. The average Bonchev–Trinajstić information content (AvgIpc) is 2.53. The summed E-state index contributed by atoms with van der Waals surface area (Å²) in [5, 5.41) is 3.17. The quantitative estimate of drug-likeness (QED) is 0.719. The van der Waals surface area contributed by atoms with Crippen LogP contribution in [0.2, 0.25) is 0 Å². The summed E-state index contributed by atoms with van der Waals surface area (Å²) in [6, 6.07) is 9.56. The highest BCUT2D eigenvalue weighted by Gasteiger charge is 2.03. The first-order valence-electron chi connectivity index (χ1n) is 6.58. The molecule has 2 aromatic heterocycles. The summed E-state index contributed by atoms with van der Waals surface area (Å²) in [4.78, 5) is 12.7. The van der Waals surface area contributed by atoms with Crippen LogP contribution < -0.4 is 11.1 Å². The number of nitrogens with zero attached hydrogens (tertiary/aromatic N) is 3. The van der Waals surface area contributed by atoms with Crippen LogP contribution >= 0.6 is 0 Å². The van der Waals surface area contributed by atoms with Crippen molar-refractivity contribution in [2.45, 2.75) is 6.92 Å². The summed E-state index contributed by atoms with van der Waals surface area (Å²) >= 11 is 0. The fourth-order valence-electron chi connectivity index (χ4n) is 1.97. The molecule has 0 saturated carbocycles. The highest BCUT2D eigenvalue weighted by molar-refractivity contribution is 5.65. The summed E-state index contributed by atoms with van der Waals surface area (Å²) in [5.41, 5.74) is 10.4. The minimum Gasteiger partial charge on any atom is -0.399 e. The molecule has 0 atom stereocenters. The van der Waals surface area contributed by atoms with Crippen LogP contribution in [0.5, 0.6) is 0 Å². The molecule has 3 N–H and O–H groups in total. The number of anilines is 3. The number of hydrogen-bond acceptors (Lipinski definition) is 5. The molecule has 1 aromatic carbocycles. The highest BCUT2D eigenvalue weighted by Crippen LogP contribution is 2.22. The molecule has 0 aliphatic carbocycles. The third kappa shape index (κ3) is 2.97. The van der Waals surface area contributed by atoms with Gasteiger partial charge in [-0.3, -0.25) is 4.98 Å². The number of nitrogens with two attached hydrogens (primary N) is 1. The molecule has 5 heteroatoms. The SMILES string of the molecule is Cc1ccc(N)cc1Nc1ncc(-c2cccnc2)cn1. The van der Waals surface area contributed by atoms with Crippen molar-refractivity contribution in [1.29, 1.82) is 0 Å². The second-order valence-corrected chi connectivity index (χ2v) is 4.74. The maximum absolute atomic E-state index is 5.79. The molecule has 0 unspecified atom stereocenters. The van der Waals surface area contributed by atoms with Crippen molar-refractivity contribution >= 4 is 17.3 Å². The van der Waals surface area contributed by atoms with Gasteiger partial charge in [-0.15, -0.1) is 0 Å². The van der Waals surface area contributed by atoms with E-state index < -0.39 is 0 Å². The van der Waals surface area contributed by atoms with Crippen molar-refractivity contribution in [1.82, 2.24) is 15.0 Å². The first kappa shape index (κ1) is 13.1. The standard InChI is InChI=1S/C16H15N5/c1-11-4-5-14(17)7-15(11)21-16-19-9-13(10-20-16)12-3-2-6-18-8-12/h2-10H,17H2,1H3,(H,19,20,21). The highest BCUT2D eigenvalue weighted by atomic mass is 15.1. The van der Waals surface area contributed by atoms with Crippen LogP contribution in [0.15, 0.2) is 55.1 Å². The van der Waals surface area contributed by atoms with Gasteiger partial charge in [0, 0.05) is 47.3 Å². The van der Waals surface area contributed by atoms with Crippen LogP contribution in [0.3, 0.4) is 0 Å². The minimum absolute atomic E-state index is 0.538. The molecule has 5 nitrogen and oxygen atoms in total. The molecule has 0 aliphatic heterocycles. The van der Waals surface area contributed by atoms with Crippen LogP contribution in [-0.4, -0.2) is 15.0 Å². The summed E-state index contributed by atoms with van der Waals surface area (Å²) < 4.78 is 0. The zero-order chi connectivity index (χ0) is 14.7. The van der Waals surface area contributed by atoms with Gasteiger partial charge in [-0.2, -0.15) is 0 Å². The Morgan fingerprint density at radius 2 is 1.81 bits per heavy atom. The molecule has 0 spiro atoms. The van der Waals surface area contributed by atoms with E-state index in [1.54, 1.807) is 24.8 Å². The number of aryl methyl sites for hydroxylation is 1. The van der Waals surface area contributed by atoms with E-state index in [0.717, 1.165) is 22.4 Å². The number of nitrogen functional groups attached to an aromatic ring is 1. The van der Waals surface area contributed by atoms with Gasteiger partial charge in [0.05, 0.1) is 0 Å². The Kier molecular flexibility index (Phi) is 3.47. The van der Waals surface area contributed by atoms with Crippen LogP contribution in [0.4, 0.5) is 17.3 Å². The topological polar surface area (TPSA) is 76.7 Å². The van der Waals surface area contributed by atoms with Gasteiger partial charge >= 0.3 is 0 Å². The van der Waals surface area contributed by atoms with Gasteiger partial charge in [0.2, 0.25) is 5.95 Å². The van der Waals surface area contributed by atoms with Gasteiger partial charge in [-0.25, -0.2) is 9.97 Å². The first-order valence-corrected chi connectivity index (χ1v) is 6.58.